The highest BCUT2D eigenvalue weighted by Crippen LogP contribution is 2.37. The van der Waals surface area contributed by atoms with Crippen molar-refractivity contribution in [2.75, 3.05) is 59.0 Å². The number of nitrogens with zero attached hydrogens (tertiary/aromatic N) is 5. The normalized spacial score (nSPS) is 23.1. The Kier molecular flexibility index (Phi) is 12.2. The second-order valence-electron chi connectivity index (χ2n) is 14.9. The number of unbranched alkanes of at least 4 members (excludes halogenated alkanes) is 1. The molecule has 0 bridgehead atoms. The number of hydrogen-bond donors (Lipinski definition) is 3. The van der Waals surface area contributed by atoms with Crippen molar-refractivity contribution in [1.29, 1.82) is 0 Å². The van der Waals surface area contributed by atoms with Crippen molar-refractivity contribution in [3.05, 3.63) is 41.2 Å². The molecule has 0 radical (unpaired) electrons. The van der Waals surface area contributed by atoms with E-state index in [0.29, 0.717) is 65.3 Å². The summed E-state index contributed by atoms with van der Waals surface area (Å²) in [5, 5.41) is 19.1. The number of carbonyl (C=O) groups excluding carboxylic acids is 2. The number of piperidine rings is 1. The van der Waals surface area contributed by atoms with Crippen molar-refractivity contribution < 1.29 is 27.9 Å². The first kappa shape index (κ1) is 37.9. The van der Waals surface area contributed by atoms with E-state index in [2.05, 4.69) is 26.8 Å². The topological polar surface area (TPSA) is 149 Å². The number of carbonyl (C=O) groups is 2. The highest BCUT2D eigenvalue weighted by Gasteiger charge is 2.55. The number of nitrogens with one attached hydrogen (secondary N) is 2. The largest absolute Gasteiger partial charge is 0.390 e. The maximum Gasteiger partial charge on any atom is 0.248 e. The van der Waals surface area contributed by atoms with E-state index in [1.165, 1.54) is 0 Å². The SMILES string of the molecule is CCCCN1C(=O)C(C(O)C2CCCCC2)NC(=O)C12CCN(Cc1c(C)nn(-c3ccc(S(=O)(=O)NCCN4CCOCC4)cc3)c1C)CC2. The minimum Gasteiger partial charge on any atom is -0.390 e. The second-order valence-corrected chi connectivity index (χ2v) is 16.7. The number of aliphatic hydroxyl groups is 1. The van der Waals surface area contributed by atoms with E-state index < -0.39 is 27.7 Å². The van der Waals surface area contributed by atoms with E-state index in [1.54, 1.807) is 24.3 Å². The van der Waals surface area contributed by atoms with Crippen LogP contribution in [-0.2, 0) is 30.9 Å². The van der Waals surface area contributed by atoms with Crippen molar-refractivity contribution in [2.24, 2.45) is 5.92 Å². The Labute approximate surface area is 303 Å². The van der Waals surface area contributed by atoms with Crippen LogP contribution in [0.4, 0.5) is 0 Å². The van der Waals surface area contributed by atoms with Gasteiger partial charge in [0.05, 0.1) is 35.6 Å². The molecule has 13 nitrogen and oxygen atoms in total. The van der Waals surface area contributed by atoms with Gasteiger partial charge in [-0.3, -0.25) is 19.4 Å². The lowest BCUT2D eigenvalue weighted by molar-refractivity contribution is -0.166. The van der Waals surface area contributed by atoms with E-state index in [0.717, 1.165) is 80.7 Å². The van der Waals surface area contributed by atoms with E-state index >= 15 is 0 Å². The van der Waals surface area contributed by atoms with Crippen LogP contribution in [-0.4, -0.2) is 127 Å². The minimum atomic E-state index is -3.64. The van der Waals surface area contributed by atoms with E-state index in [9.17, 15) is 23.1 Å². The van der Waals surface area contributed by atoms with Gasteiger partial charge in [0.1, 0.15) is 11.6 Å². The molecule has 1 spiro atoms. The number of rotatable bonds is 13. The van der Waals surface area contributed by atoms with Crippen LogP contribution in [0, 0.1) is 19.8 Å². The number of piperazine rings is 1. The lowest BCUT2D eigenvalue weighted by Gasteiger charge is -2.52. The molecule has 2 unspecified atom stereocenters. The van der Waals surface area contributed by atoms with Gasteiger partial charge < -0.3 is 20.1 Å². The molecular weight excluding hydrogens is 671 g/mol. The van der Waals surface area contributed by atoms with Crippen molar-refractivity contribution in [3.63, 3.8) is 0 Å². The number of sulfonamides is 1. The average molecular weight is 728 g/mol. The third kappa shape index (κ3) is 8.21. The van der Waals surface area contributed by atoms with Crippen molar-refractivity contribution >= 4 is 21.8 Å². The summed E-state index contributed by atoms with van der Waals surface area (Å²) < 4.78 is 35.9. The van der Waals surface area contributed by atoms with Crippen molar-refractivity contribution in [2.45, 2.75) is 108 Å². The number of aromatic nitrogens is 2. The van der Waals surface area contributed by atoms with Crippen LogP contribution in [0.3, 0.4) is 0 Å². The quantitative estimate of drug-likeness (QED) is 0.283. The zero-order chi connectivity index (χ0) is 36.2. The van der Waals surface area contributed by atoms with Crippen LogP contribution in [0.5, 0.6) is 0 Å². The first-order chi connectivity index (χ1) is 24.5. The lowest BCUT2D eigenvalue weighted by Crippen LogP contribution is -2.75. The number of likely N-dealkylation sites (tertiary alicyclic amines) is 1. The Morgan fingerprint density at radius 2 is 1.69 bits per heavy atom. The summed E-state index contributed by atoms with van der Waals surface area (Å²) in [5.41, 5.74) is 2.83. The van der Waals surface area contributed by atoms with E-state index in [4.69, 9.17) is 9.84 Å². The first-order valence-electron chi connectivity index (χ1n) is 19.0. The van der Waals surface area contributed by atoms with Gasteiger partial charge in [0.25, 0.3) is 0 Å². The maximum atomic E-state index is 14.0. The third-order valence-corrected chi connectivity index (χ3v) is 13.2. The van der Waals surface area contributed by atoms with Gasteiger partial charge in [-0.05, 0) is 76.1 Å². The lowest BCUT2D eigenvalue weighted by atomic mass is 9.78. The smallest absolute Gasteiger partial charge is 0.248 e. The van der Waals surface area contributed by atoms with Gasteiger partial charge >= 0.3 is 0 Å². The molecule has 3 N–H and O–H groups in total. The predicted molar refractivity (Wildman–Crippen MR) is 194 cm³/mol. The number of benzene rings is 1. The van der Waals surface area contributed by atoms with E-state index in [-0.39, 0.29) is 22.6 Å². The summed E-state index contributed by atoms with van der Waals surface area (Å²) in [5.74, 6) is -0.219. The molecular formula is C37H57N7O6S. The molecule has 3 saturated heterocycles. The molecule has 2 amide bonds. The van der Waals surface area contributed by atoms with Gasteiger partial charge in [0, 0.05) is 63.6 Å². The Bertz CT molecular complexity index is 1610. The molecule has 282 valence electrons. The number of ether oxygens (including phenoxy) is 1. The van der Waals surface area contributed by atoms with Crippen LogP contribution in [0.2, 0.25) is 0 Å². The molecule has 2 atom stereocenters. The maximum absolute atomic E-state index is 14.0. The highest BCUT2D eigenvalue weighted by atomic mass is 32.2. The Morgan fingerprint density at radius 3 is 2.35 bits per heavy atom. The first-order valence-corrected chi connectivity index (χ1v) is 20.5. The Hall–Kier alpha value is -2.88. The van der Waals surface area contributed by atoms with Crippen molar-refractivity contribution in [3.8, 4) is 5.69 Å². The summed E-state index contributed by atoms with van der Waals surface area (Å²) in [6.07, 6.45) is 6.99. The fourth-order valence-corrected chi connectivity index (χ4v) is 9.45. The Morgan fingerprint density at radius 1 is 1.00 bits per heavy atom. The van der Waals surface area contributed by atoms with Gasteiger partial charge in [-0.2, -0.15) is 5.10 Å². The van der Waals surface area contributed by atoms with Gasteiger partial charge in [-0.1, -0.05) is 32.6 Å². The summed E-state index contributed by atoms with van der Waals surface area (Å²) in [4.78, 5) is 34.5. The number of aryl methyl sites for hydroxylation is 1. The standard InChI is InChI=1S/C37H57N7O6S/c1-4-5-18-43-35(46)33(34(45)29-9-7-6-8-10-29)39-36(47)37(43)15-19-42(20-16-37)26-32-27(2)40-44(28(32)3)30-11-13-31(14-12-30)51(48,49)38-17-21-41-22-24-50-25-23-41/h11-14,29,33-34,38,45H,4-10,15-26H2,1-3H3,(H,39,47). The van der Waals surface area contributed by atoms with Gasteiger partial charge in [-0.15, -0.1) is 0 Å². The molecule has 4 fully saturated rings. The van der Waals surface area contributed by atoms with Gasteiger partial charge in [0.2, 0.25) is 21.8 Å². The average Bonchev–Trinajstić information content (AvgIpc) is 3.43. The Balaban J connectivity index is 1.09. The molecule has 1 aliphatic carbocycles. The van der Waals surface area contributed by atoms with E-state index in [1.807, 2.05) is 23.4 Å². The fraction of sp³-hybridized carbons (Fsp3) is 0.703. The number of amides is 2. The highest BCUT2D eigenvalue weighted by molar-refractivity contribution is 7.89. The number of morpholine rings is 1. The molecule has 1 aromatic carbocycles. The number of aliphatic hydroxyl groups excluding tert-OH is 1. The summed E-state index contributed by atoms with van der Waals surface area (Å²) in [6.45, 7) is 12.5. The van der Waals surface area contributed by atoms with Crippen molar-refractivity contribution in [1.82, 2.24) is 34.5 Å². The minimum absolute atomic E-state index is 0.0445. The van der Waals surface area contributed by atoms with Gasteiger partial charge in [0.15, 0.2) is 0 Å². The van der Waals surface area contributed by atoms with Gasteiger partial charge in [-0.25, -0.2) is 17.8 Å². The molecule has 3 aliphatic heterocycles. The van der Waals surface area contributed by atoms with Crippen LogP contribution in [0.1, 0.15) is 81.7 Å². The second kappa shape index (κ2) is 16.4. The van der Waals surface area contributed by atoms with Crippen LogP contribution in [0.15, 0.2) is 29.2 Å². The van der Waals surface area contributed by atoms with Crippen LogP contribution in [0.25, 0.3) is 5.69 Å². The molecule has 51 heavy (non-hydrogen) atoms. The predicted octanol–water partition coefficient (Wildman–Crippen LogP) is 2.50. The monoisotopic (exact) mass is 727 g/mol. The van der Waals surface area contributed by atoms with Crippen LogP contribution < -0.4 is 10.0 Å². The van der Waals surface area contributed by atoms with Crippen LogP contribution >= 0.6 is 0 Å². The third-order valence-electron chi connectivity index (χ3n) is 11.7. The molecule has 4 aliphatic rings. The molecule has 6 rings (SSSR count). The molecule has 1 saturated carbocycles. The fourth-order valence-electron chi connectivity index (χ4n) is 8.43. The summed E-state index contributed by atoms with van der Waals surface area (Å²) in [6, 6.07) is 5.93. The zero-order valence-corrected chi connectivity index (χ0v) is 31.4. The summed E-state index contributed by atoms with van der Waals surface area (Å²) >= 11 is 0. The molecule has 4 heterocycles. The number of hydrogen-bond acceptors (Lipinski definition) is 9. The molecule has 14 heteroatoms. The molecule has 1 aromatic heterocycles. The molecule has 2 aromatic rings. The summed E-state index contributed by atoms with van der Waals surface area (Å²) in [7, 11) is -3.64. The zero-order valence-electron chi connectivity index (χ0n) is 30.6.